The Labute approximate surface area is 242 Å². The molecule has 0 unspecified atom stereocenters. The van der Waals surface area contributed by atoms with Crippen LogP contribution in [0, 0.1) is 0 Å². The maximum Gasteiger partial charge on any atom is 0.269 e. The molecule has 0 aliphatic carbocycles. The number of aromatic nitrogens is 4. The molecule has 3 aromatic heterocycles. The van der Waals surface area contributed by atoms with E-state index in [1.165, 1.54) is 23.4 Å². The van der Waals surface area contributed by atoms with Gasteiger partial charge in [0, 0.05) is 43.1 Å². The number of benzene rings is 2. The number of fused-ring (bicyclic) bond motifs is 1. The highest BCUT2D eigenvalue weighted by Crippen LogP contribution is 2.33. The normalized spacial score (nSPS) is 13.7. The van der Waals surface area contributed by atoms with Gasteiger partial charge in [0.15, 0.2) is 0 Å². The minimum atomic E-state index is -0.302. The van der Waals surface area contributed by atoms with Crippen LogP contribution in [0.5, 0.6) is 5.75 Å². The average molecular weight is 562 g/mol. The smallest absolute Gasteiger partial charge is 0.269 e. The van der Waals surface area contributed by atoms with Crippen LogP contribution in [0.2, 0.25) is 0 Å². The molecule has 5 aromatic rings. The van der Waals surface area contributed by atoms with E-state index in [2.05, 4.69) is 43.0 Å². The van der Waals surface area contributed by atoms with Crippen molar-refractivity contribution in [2.75, 3.05) is 25.5 Å². The van der Waals surface area contributed by atoms with Gasteiger partial charge in [-0.25, -0.2) is 4.98 Å². The number of amides is 1. The van der Waals surface area contributed by atoms with Crippen LogP contribution in [-0.4, -0.2) is 50.7 Å². The summed E-state index contributed by atoms with van der Waals surface area (Å²) in [4.78, 5) is 38.6. The number of nitrogens with one attached hydrogen (secondary N) is 3. The molecule has 1 aliphatic heterocycles. The van der Waals surface area contributed by atoms with Gasteiger partial charge in [0.25, 0.3) is 11.5 Å². The second-order valence-corrected chi connectivity index (χ2v) is 10.4. The molecule has 1 amide bonds. The number of anilines is 2. The number of carbonyl (C=O) groups is 1. The summed E-state index contributed by atoms with van der Waals surface area (Å²) >= 11 is 0. The highest BCUT2D eigenvalue weighted by molar-refractivity contribution is 5.93. The van der Waals surface area contributed by atoms with Crippen molar-refractivity contribution in [2.24, 2.45) is 7.05 Å². The van der Waals surface area contributed by atoms with Crippen LogP contribution in [0.3, 0.4) is 0 Å². The Bertz CT molecular complexity index is 1840. The molecule has 0 bridgehead atoms. The third-order valence-electron chi connectivity index (χ3n) is 7.77. The monoisotopic (exact) mass is 561 g/mol. The summed E-state index contributed by atoms with van der Waals surface area (Å²) in [5.41, 5.74) is 4.76. The lowest BCUT2D eigenvalue weighted by molar-refractivity contribution is 0.0958. The Morgan fingerprint density at radius 2 is 1.74 bits per heavy atom. The number of pyridine rings is 2. The largest absolute Gasteiger partial charge is 0.507 e. The van der Waals surface area contributed by atoms with Gasteiger partial charge in [-0.05, 0) is 91.0 Å². The van der Waals surface area contributed by atoms with Gasteiger partial charge in [-0.2, -0.15) is 4.98 Å². The average Bonchev–Trinajstić information content (AvgIpc) is 3.03. The first kappa shape index (κ1) is 27.1. The van der Waals surface area contributed by atoms with Crippen molar-refractivity contribution in [1.82, 2.24) is 30.2 Å². The third kappa shape index (κ3) is 5.31. The second kappa shape index (κ2) is 11.4. The predicted octanol–water partition coefficient (Wildman–Crippen LogP) is 4.33. The Morgan fingerprint density at radius 3 is 2.48 bits per heavy atom. The van der Waals surface area contributed by atoms with Crippen LogP contribution in [0.25, 0.3) is 33.3 Å². The van der Waals surface area contributed by atoms with Crippen molar-refractivity contribution in [2.45, 2.75) is 18.8 Å². The highest BCUT2D eigenvalue weighted by Gasteiger charge is 2.17. The van der Waals surface area contributed by atoms with Crippen LogP contribution < -0.4 is 21.5 Å². The van der Waals surface area contributed by atoms with E-state index in [1.54, 1.807) is 49.6 Å². The van der Waals surface area contributed by atoms with Crippen molar-refractivity contribution < 1.29 is 9.90 Å². The molecule has 6 rings (SSSR count). The van der Waals surface area contributed by atoms with Crippen molar-refractivity contribution in [1.29, 1.82) is 0 Å². The van der Waals surface area contributed by atoms with E-state index in [1.807, 2.05) is 12.1 Å². The Kier molecular flexibility index (Phi) is 7.37. The lowest BCUT2D eigenvalue weighted by Gasteiger charge is -2.23. The maximum absolute atomic E-state index is 13.4. The molecule has 0 saturated carbocycles. The van der Waals surface area contributed by atoms with Gasteiger partial charge in [-0.3, -0.25) is 19.1 Å². The fraction of sp³-hybridized carbons (Fsp3) is 0.219. The number of aromatic hydroxyl groups is 1. The molecule has 0 spiro atoms. The molecule has 10 heteroatoms. The fourth-order valence-corrected chi connectivity index (χ4v) is 5.42. The van der Waals surface area contributed by atoms with Gasteiger partial charge in [-0.15, -0.1) is 0 Å². The molecule has 4 heterocycles. The van der Waals surface area contributed by atoms with Gasteiger partial charge in [0.05, 0.1) is 5.56 Å². The first-order valence-electron chi connectivity index (χ1n) is 13.9. The summed E-state index contributed by atoms with van der Waals surface area (Å²) in [6.45, 7) is 2.10. The highest BCUT2D eigenvalue weighted by atomic mass is 16.3. The van der Waals surface area contributed by atoms with Crippen molar-refractivity contribution in [3.05, 3.63) is 94.7 Å². The zero-order chi connectivity index (χ0) is 29.2. The number of rotatable bonds is 6. The van der Waals surface area contributed by atoms with E-state index in [9.17, 15) is 14.7 Å². The Hall–Kier alpha value is -5.09. The van der Waals surface area contributed by atoms with Gasteiger partial charge < -0.3 is 21.1 Å². The lowest BCUT2D eigenvalue weighted by atomic mass is 9.90. The number of aryl methyl sites for hydroxylation is 1. The summed E-state index contributed by atoms with van der Waals surface area (Å²) in [5.74, 6) is 0.604. The van der Waals surface area contributed by atoms with Gasteiger partial charge in [0.1, 0.15) is 17.1 Å². The van der Waals surface area contributed by atoms with E-state index in [-0.39, 0.29) is 22.9 Å². The van der Waals surface area contributed by atoms with E-state index in [0.717, 1.165) is 31.6 Å². The third-order valence-corrected chi connectivity index (χ3v) is 7.77. The van der Waals surface area contributed by atoms with Crippen LogP contribution in [0.1, 0.15) is 34.8 Å². The van der Waals surface area contributed by atoms with Crippen molar-refractivity contribution in [3.8, 4) is 28.0 Å². The molecule has 0 radical (unpaired) electrons. The summed E-state index contributed by atoms with van der Waals surface area (Å²) in [6, 6.07) is 18.5. The number of carbonyl (C=O) groups excluding carboxylic acids is 1. The van der Waals surface area contributed by atoms with Crippen LogP contribution in [0.4, 0.5) is 11.6 Å². The van der Waals surface area contributed by atoms with Gasteiger partial charge in [0.2, 0.25) is 5.95 Å². The molecule has 1 fully saturated rings. The van der Waals surface area contributed by atoms with E-state index in [4.69, 9.17) is 0 Å². The summed E-state index contributed by atoms with van der Waals surface area (Å²) in [5, 5.41) is 20.8. The first-order chi connectivity index (χ1) is 20.4. The number of piperidine rings is 1. The minimum absolute atomic E-state index is 0.0607. The van der Waals surface area contributed by atoms with Gasteiger partial charge in [-0.1, -0.05) is 18.2 Å². The maximum atomic E-state index is 13.4. The van der Waals surface area contributed by atoms with E-state index in [0.29, 0.717) is 45.2 Å². The Morgan fingerprint density at radius 1 is 0.976 bits per heavy atom. The molecule has 42 heavy (non-hydrogen) atoms. The first-order valence-corrected chi connectivity index (χ1v) is 13.9. The van der Waals surface area contributed by atoms with Gasteiger partial charge >= 0.3 is 0 Å². The summed E-state index contributed by atoms with van der Waals surface area (Å²) in [6.07, 6.45) is 5.49. The molecule has 212 valence electrons. The van der Waals surface area contributed by atoms with Crippen LogP contribution in [0.15, 0.2) is 77.9 Å². The van der Waals surface area contributed by atoms with E-state index >= 15 is 0 Å². The molecule has 2 aromatic carbocycles. The molecular weight excluding hydrogens is 530 g/mol. The topological polar surface area (TPSA) is 134 Å². The Balaban J connectivity index is 1.27. The van der Waals surface area contributed by atoms with Crippen molar-refractivity contribution in [3.63, 3.8) is 0 Å². The van der Waals surface area contributed by atoms with E-state index < -0.39 is 0 Å². The van der Waals surface area contributed by atoms with Crippen LogP contribution >= 0.6 is 0 Å². The fourth-order valence-electron chi connectivity index (χ4n) is 5.42. The molecule has 10 nitrogen and oxygen atoms in total. The lowest BCUT2D eigenvalue weighted by Crippen LogP contribution is -2.26. The molecule has 0 atom stereocenters. The summed E-state index contributed by atoms with van der Waals surface area (Å²) < 4.78 is 1.46. The number of phenolic OH excluding ortho intramolecular Hbond substituents is 1. The SMILES string of the molecule is CNC(=O)c1cc(-c2ccc(-c3cc4cnc(Nc5ccc(C6CCNCC6)cc5)nc4n(C)c3=O)c(O)c2)ccn1. The molecule has 1 aliphatic rings. The predicted molar refractivity (Wildman–Crippen MR) is 163 cm³/mol. The standard InChI is InChI=1S/C32H31N7O3/c1-33-30(41)27-16-22(11-14-35-27)21-5-8-25(28(40)17-21)26-15-23-18-36-32(38-29(23)39(2)31(26)42)37-24-6-3-19(4-7-24)20-9-12-34-13-10-20/h3-8,11,14-18,20,34,40H,9-10,12-13H2,1-2H3,(H,33,41)(H,36,37,38). The molecule has 4 N–H and O–H groups in total. The number of hydrogen-bond acceptors (Lipinski definition) is 8. The van der Waals surface area contributed by atoms with Crippen molar-refractivity contribution >= 4 is 28.6 Å². The number of phenols is 1. The molecular formula is C32H31N7O3. The van der Waals surface area contributed by atoms with Crippen LogP contribution in [-0.2, 0) is 7.05 Å². The quantitative estimate of drug-likeness (QED) is 0.241. The number of hydrogen-bond donors (Lipinski definition) is 4. The second-order valence-electron chi connectivity index (χ2n) is 10.4. The molecule has 1 saturated heterocycles. The summed E-state index contributed by atoms with van der Waals surface area (Å²) in [7, 11) is 3.19. The minimum Gasteiger partial charge on any atom is -0.507 e. The zero-order valence-corrected chi connectivity index (χ0v) is 23.4. The number of nitrogens with zero attached hydrogens (tertiary/aromatic N) is 4. The zero-order valence-electron chi connectivity index (χ0n) is 23.4.